The summed E-state index contributed by atoms with van der Waals surface area (Å²) in [5, 5.41) is 1.79. The molecule has 0 aromatic heterocycles. The summed E-state index contributed by atoms with van der Waals surface area (Å²) in [6.07, 6.45) is -3.71. The molecule has 1 N–H and O–H groups in total. The zero-order valence-corrected chi connectivity index (χ0v) is 16.3. The van der Waals surface area contributed by atoms with E-state index in [-0.39, 0.29) is 22.0 Å². The Balaban J connectivity index is 2.37. The predicted octanol–water partition coefficient (Wildman–Crippen LogP) is 4.66. The van der Waals surface area contributed by atoms with Gasteiger partial charge in [0.05, 0.1) is 33.1 Å². The fourth-order valence-corrected chi connectivity index (χ4v) is 3.02. The standard InChI is InChI=1S/C16H13Cl2F3N2O3S/c1-23(27(2,25)26)10-4-6-13(17)11(8-10)15(24)22-9-3-5-14(18)12(7-9)16(19,20)21/h3-8H,1-2H3,(H,22,24). The zero-order chi connectivity index (χ0) is 20.6. The Kier molecular flexibility index (Phi) is 5.98. The van der Waals surface area contributed by atoms with Crippen molar-refractivity contribution in [2.24, 2.45) is 0 Å². The average Bonchev–Trinajstić information content (AvgIpc) is 2.54. The molecular formula is C16H13Cl2F3N2O3S. The molecule has 0 aliphatic heterocycles. The van der Waals surface area contributed by atoms with Gasteiger partial charge in [0.15, 0.2) is 0 Å². The van der Waals surface area contributed by atoms with Crippen molar-refractivity contribution in [2.45, 2.75) is 6.18 Å². The molecule has 146 valence electrons. The number of nitrogens with one attached hydrogen (secondary N) is 1. The molecule has 2 aromatic carbocycles. The number of anilines is 2. The average molecular weight is 441 g/mol. The highest BCUT2D eigenvalue weighted by Crippen LogP contribution is 2.36. The maximum Gasteiger partial charge on any atom is 0.417 e. The molecule has 2 aromatic rings. The number of carbonyl (C=O) groups is 1. The van der Waals surface area contributed by atoms with Crippen molar-refractivity contribution in [1.82, 2.24) is 0 Å². The maximum atomic E-state index is 12.9. The summed E-state index contributed by atoms with van der Waals surface area (Å²) in [6, 6.07) is 6.84. The van der Waals surface area contributed by atoms with Gasteiger partial charge in [0.1, 0.15) is 0 Å². The van der Waals surface area contributed by atoms with Gasteiger partial charge in [-0.3, -0.25) is 9.10 Å². The number of nitrogens with zero attached hydrogens (tertiary/aromatic N) is 1. The molecule has 0 aliphatic rings. The van der Waals surface area contributed by atoms with Gasteiger partial charge in [0.25, 0.3) is 5.91 Å². The third kappa shape index (κ3) is 5.06. The number of amides is 1. The number of benzene rings is 2. The second kappa shape index (κ2) is 7.57. The molecule has 0 unspecified atom stereocenters. The number of carbonyl (C=O) groups excluding carboxylic acids is 1. The molecule has 0 saturated carbocycles. The van der Waals surface area contributed by atoms with E-state index in [1.165, 1.54) is 31.3 Å². The van der Waals surface area contributed by atoms with Gasteiger partial charge >= 0.3 is 6.18 Å². The molecule has 0 aliphatic carbocycles. The molecule has 0 saturated heterocycles. The topological polar surface area (TPSA) is 66.5 Å². The van der Waals surface area contributed by atoms with Crippen LogP contribution in [-0.4, -0.2) is 27.6 Å². The van der Waals surface area contributed by atoms with E-state index >= 15 is 0 Å². The third-order valence-electron chi connectivity index (χ3n) is 3.59. The second-order valence-corrected chi connectivity index (χ2v) is 8.37. The molecule has 0 bridgehead atoms. The molecule has 0 radical (unpaired) electrons. The number of rotatable bonds is 4. The smallest absolute Gasteiger partial charge is 0.322 e. The Labute approximate surface area is 163 Å². The molecule has 1 amide bonds. The van der Waals surface area contributed by atoms with Crippen LogP contribution >= 0.6 is 23.2 Å². The Morgan fingerprint density at radius 2 is 1.67 bits per heavy atom. The first kappa shape index (κ1) is 21.3. The van der Waals surface area contributed by atoms with Gasteiger partial charge in [-0.25, -0.2) is 8.42 Å². The Bertz CT molecular complexity index is 995. The number of halogens is 5. The molecule has 5 nitrogen and oxygen atoms in total. The van der Waals surface area contributed by atoms with Crippen LogP contribution in [0.15, 0.2) is 36.4 Å². The lowest BCUT2D eigenvalue weighted by Crippen LogP contribution is -2.25. The van der Waals surface area contributed by atoms with E-state index in [4.69, 9.17) is 23.2 Å². The molecule has 2 rings (SSSR count). The molecule has 0 atom stereocenters. The highest BCUT2D eigenvalue weighted by molar-refractivity contribution is 7.92. The Morgan fingerprint density at radius 3 is 2.22 bits per heavy atom. The summed E-state index contributed by atoms with van der Waals surface area (Å²) in [6.45, 7) is 0. The van der Waals surface area contributed by atoms with E-state index in [0.29, 0.717) is 6.07 Å². The van der Waals surface area contributed by atoms with E-state index in [0.717, 1.165) is 16.6 Å². The van der Waals surface area contributed by atoms with E-state index in [1.54, 1.807) is 0 Å². The second-order valence-electron chi connectivity index (χ2n) is 5.54. The van der Waals surface area contributed by atoms with Crippen LogP contribution in [0.25, 0.3) is 0 Å². The summed E-state index contributed by atoms with van der Waals surface area (Å²) >= 11 is 11.5. The highest BCUT2D eigenvalue weighted by Gasteiger charge is 2.33. The summed E-state index contributed by atoms with van der Waals surface area (Å²) < 4.78 is 63.0. The molecular weight excluding hydrogens is 428 g/mol. The highest BCUT2D eigenvalue weighted by atomic mass is 35.5. The summed E-state index contributed by atoms with van der Waals surface area (Å²) in [7, 11) is -2.29. The van der Waals surface area contributed by atoms with Crippen LogP contribution in [-0.2, 0) is 16.2 Å². The summed E-state index contributed by atoms with van der Waals surface area (Å²) in [4.78, 5) is 12.4. The lowest BCUT2D eigenvalue weighted by molar-refractivity contribution is -0.137. The van der Waals surface area contributed by atoms with Crippen LogP contribution in [0.4, 0.5) is 24.5 Å². The van der Waals surface area contributed by atoms with Gasteiger partial charge in [-0.1, -0.05) is 23.2 Å². The van der Waals surface area contributed by atoms with Gasteiger partial charge in [-0.05, 0) is 36.4 Å². The zero-order valence-electron chi connectivity index (χ0n) is 13.9. The normalized spacial score (nSPS) is 12.0. The van der Waals surface area contributed by atoms with Gasteiger partial charge < -0.3 is 5.32 Å². The first-order valence-corrected chi connectivity index (χ1v) is 9.82. The monoisotopic (exact) mass is 440 g/mol. The minimum atomic E-state index is -4.69. The van der Waals surface area contributed by atoms with Gasteiger partial charge in [-0.2, -0.15) is 13.2 Å². The van der Waals surface area contributed by atoms with E-state index in [2.05, 4.69) is 5.32 Å². The lowest BCUT2D eigenvalue weighted by atomic mass is 10.1. The number of sulfonamides is 1. The summed E-state index contributed by atoms with van der Waals surface area (Å²) in [5.74, 6) is -0.806. The van der Waals surface area contributed by atoms with Crippen molar-refractivity contribution in [3.8, 4) is 0 Å². The van der Waals surface area contributed by atoms with Crippen LogP contribution in [0.3, 0.4) is 0 Å². The Morgan fingerprint density at radius 1 is 1.07 bits per heavy atom. The van der Waals surface area contributed by atoms with Crippen molar-refractivity contribution in [3.63, 3.8) is 0 Å². The van der Waals surface area contributed by atoms with Crippen molar-refractivity contribution in [1.29, 1.82) is 0 Å². The number of hydrogen-bond acceptors (Lipinski definition) is 3. The molecule has 0 spiro atoms. The first-order chi connectivity index (χ1) is 12.3. The molecule has 0 fully saturated rings. The first-order valence-electron chi connectivity index (χ1n) is 7.22. The van der Waals surface area contributed by atoms with Crippen molar-refractivity contribution in [3.05, 3.63) is 57.6 Å². The van der Waals surface area contributed by atoms with Crippen LogP contribution < -0.4 is 9.62 Å². The van der Waals surface area contributed by atoms with Crippen molar-refractivity contribution < 1.29 is 26.4 Å². The maximum absolute atomic E-state index is 12.9. The fourth-order valence-electron chi connectivity index (χ4n) is 2.09. The van der Waals surface area contributed by atoms with E-state index in [1.807, 2.05) is 0 Å². The van der Waals surface area contributed by atoms with Gasteiger partial charge in [0, 0.05) is 12.7 Å². The van der Waals surface area contributed by atoms with Crippen LogP contribution in [0.5, 0.6) is 0 Å². The quantitative estimate of drug-likeness (QED) is 0.751. The minimum Gasteiger partial charge on any atom is -0.322 e. The van der Waals surface area contributed by atoms with E-state index in [9.17, 15) is 26.4 Å². The fraction of sp³-hybridized carbons (Fsp3) is 0.188. The van der Waals surface area contributed by atoms with Crippen molar-refractivity contribution >= 4 is 50.5 Å². The Hall–Kier alpha value is -1.97. The number of hydrogen-bond donors (Lipinski definition) is 1. The van der Waals surface area contributed by atoms with Gasteiger partial charge in [-0.15, -0.1) is 0 Å². The third-order valence-corrected chi connectivity index (χ3v) is 5.45. The van der Waals surface area contributed by atoms with E-state index < -0.39 is 32.7 Å². The van der Waals surface area contributed by atoms with Crippen LogP contribution in [0.2, 0.25) is 10.0 Å². The SMILES string of the molecule is CN(c1ccc(Cl)c(C(=O)Nc2ccc(Cl)c(C(F)(F)F)c2)c1)S(C)(=O)=O. The molecule has 11 heteroatoms. The predicted molar refractivity (Wildman–Crippen MR) is 99.1 cm³/mol. The van der Waals surface area contributed by atoms with Crippen LogP contribution in [0.1, 0.15) is 15.9 Å². The lowest BCUT2D eigenvalue weighted by Gasteiger charge is -2.18. The minimum absolute atomic E-state index is 0.00293. The molecule has 0 heterocycles. The van der Waals surface area contributed by atoms with Crippen LogP contribution in [0, 0.1) is 0 Å². The van der Waals surface area contributed by atoms with Gasteiger partial charge in [0.2, 0.25) is 10.0 Å². The molecule has 27 heavy (non-hydrogen) atoms. The summed E-state index contributed by atoms with van der Waals surface area (Å²) in [5.41, 5.74) is -1.18. The largest absolute Gasteiger partial charge is 0.417 e. The number of alkyl halides is 3. The van der Waals surface area contributed by atoms with Crippen molar-refractivity contribution in [2.75, 3.05) is 22.9 Å².